The van der Waals surface area contributed by atoms with Crippen molar-refractivity contribution < 1.29 is 4.79 Å². The summed E-state index contributed by atoms with van der Waals surface area (Å²) in [5, 5.41) is 3.08. The van der Waals surface area contributed by atoms with Crippen LogP contribution in [0.15, 0.2) is 0 Å². The molecule has 100 valence electrons. The number of carbonyl (C=O) groups excluding carboxylic acids is 1. The number of nitrogens with two attached hydrogens (primary N) is 1. The zero-order chi connectivity index (χ0) is 12.9. The Morgan fingerprint density at radius 3 is 2.47 bits per heavy atom. The average Bonchev–Trinajstić information content (AvgIpc) is 2.25. The first-order valence-electron chi connectivity index (χ1n) is 6.50. The van der Waals surface area contributed by atoms with E-state index in [9.17, 15) is 4.79 Å². The SMILES string of the molecule is CC(C)(C)C(CN)NC(=O)CC1CCSCC1. The summed E-state index contributed by atoms with van der Waals surface area (Å²) in [6.45, 7) is 6.85. The Morgan fingerprint density at radius 2 is 2.00 bits per heavy atom. The zero-order valence-corrected chi connectivity index (χ0v) is 12.1. The van der Waals surface area contributed by atoms with Crippen LogP contribution in [-0.2, 0) is 4.79 Å². The quantitative estimate of drug-likeness (QED) is 0.811. The van der Waals surface area contributed by atoms with Crippen LogP contribution in [-0.4, -0.2) is 30.0 Å². The van der Waals surface area contributed by atoms with Crippen molar-refractivity contribution in [2.24, 2.45) is 17.1 Å². The first-order valence-corrected chi connectivity index (χ1v) is 7.66. The second-order valence-electron chi connectivity index (χ2n) is 5.98. The minimum Gasteiger partial charge on any atom is -0.352 e. The molecule has 1 fully saturated rings. The topological polar surface area (TPSA) is 55.1 Å². The summed E-state index contributed by atoms with van der Waals surface area (Å²) in [4.78, 5) is 12.0. The van der Waals surface area contributed by atoms with Gasteiger partial charge in [0.1, 0.15) is 0 Å². The molecule has 3 nitrogen and oxygen atoms in total. The van der Waals surface area contributed by atoms with Crippen LogP contribution < -0.4 is 11.1 Å². The highest BCUT2D eigenvalue weighted by atomic mass is 32.2. The highest BCUT2D eigenvalue weighted by Gasteiger charge is 2.26. The molecule has 0 bridgehead atoms. The molecule has 17 heavy (non-hydrogen) atoms. The second-order valence-corrected chi connectivity index (χ2v) is 7.21. The summed E-state index contributed by atoms with van der Waals surface area (Å²) in [7, 11) is 0. The number of hydrogen-bond donors (Lipinski definition) is 2. The molecule has 3 N–H and O–H groups in total. The van der Waals surface area contributed by atoms with Crippen molar-refractivity contribution in [1.29, 1.82) is 0 Å². The predicted octanol–water partition coefficient (Wildman–Crippen LogP) is 2.01. The van der Waals surface area contributed by atoms with Gasteiger partial charge in [-0.05, 0) is 35.7 Å². The standard InChI is InChI=1S/C13H26N2OS/c1-13(2,3)11(9-14)15-12(16)8-10-4-6-17-7-5-10/h10-11H,4-9,14H2,1-3H3,(H,15,16). The summed E-state index contributed by atoms with van der Waals surface area (Å²) in [6.07, 6.45) is 3.04. The normalized spacial score (nSPS) is 20.0. The number of amides is 1. The molecule has 1 saturated heterocycles. The molecule has 4 heteroatoms. The van der Waals surface area contributed by atoms with Crippen LogP contribution in [0.4, 0.5) is 0 Å². The summed E-state index contributed by atoms with van der Waals surface area (Å²) in [6, 6.07) is 0.0768. The highest BCUT2D eigenvalue weighted by molar-refractivity contribution is 7.99. The molecule has 0 radical (unpaired) electrons. The van der Waals surface area contributed by atoms with Gasteiger partial charge in [0, 0.05) is 19.0 Å². The Kier molecular flexibility index (Phi) is 5.80. The first-order chi connectivity index (χ1) is 7.93. The Labute approximate surface area is 109 Å². The Hall–Kier alpha value is -0.220. The lowest BCUT2D eigenvalue weighted by atomic mass is 9.86. The van der Waals surface area contributed by atoms with Crippen molar-refractivity contribution in [3.63, 3.8) is 0 Å². The lowest BCUT2D eigenvalue weighted by Gasteiger charge is -2.31. The number of thioether (sulfide) groups is 1. The van der Waals surface area contributed by atoms with Crippen molar-refractivity contribution in [3.8, 4) is 0 Å². The number of nitrogens with one attached hydrogen (secondary N) is 1. The summed E-state index contributed by atoms with van der Waals surface area (Å²) in [5.41, 5.74) is 5.76. The zero-order valence-electron chi connectivity index (χ0n) is 11.3. The fourth-order valence-corrected chi connectivity index (χ4v) is 3.30. The maximum Gasteiger partial charge on any atom is 0.220 e. The van der Waals surface area contributed by atoms with E-state index < -0.39 is 0 Å². The minimum atomic E-state index is 0.0346. The van der Waals surface area contributed by atoms with Gasteiger partial charge in [0.15, 0.2) is 0 Å². The van der Waals surface area contributed by atoms with Gasteiger partial charge in [-0.3, -0.25) is 4.79 Å². The van der Waals surface area contributed by atoms with E-state index in [1.165, 1.54) is 24.3 Å². The average molecular weight is 258 g/mol. The first kappa shape index (κ1) is 14.8. The Bertz CT molecular complexity index is 244. The molecule has 0 aromatic rings. The van der Waals surface area contributed by atoms with Crippen molar-refractivity contribution in [2.75, 3.05) is 18.1 Å². The van der Waals surface area contributed by atoms with Crippen LogP contribution in [0.25, 0.3) is 0 Å². The van der Waals surface area contributed by atoms with Crippen LogP contribution >= 0.6 is 11.8 Å². The van der Waals surface area contributed by atoms with Crippen molar-refractivity contribution >= 4 is 17.7 Å². The summed E-state index contributed by atoms with van der Waals surface area (Å²) >= 11 is 2.00. The van der Waals surface area contributed by atoms with Crippen LogP contribution in [0, 0.1) is 11.3 Å². The molecule has 0 spiro atoms. The van der Waals surface area contributed by atoms with Gasteiger partial charge in [-0.15, -0.1) is 0 Å². The highest BCUT2D eigenvalue weighted by Crippen LogP contribution is 2.25. The maximum atomic E-state index is 12.0. The van der Waals surface area contributed by atoms with Gasteiger partial charge < -0.3 is 11.1 Å². The molecule has 1 amide bonds. The Morgan fingerprint density at radius 1 is 1.41 bits per heavy atom. The third-order valence-electron chi connectivity index (χ3n) is 3.43. The molecule has 1 aliphatic rings. The minimum absolute atomic E-state index is 0.0346. The van der Waals surface area contributed by atoms with Crippen molar-refractivity contribution in [3.05, 3.63) is 0 Å². The summed E-state index contributed by atoms with van der Waals surface area (Å²) in [5.74, 6) is 3.16. The molecule has 0 aromatic heterocycles. The lowest BCUT2D eigenvalue weighted by molar-refractivity contribution is -0.123. The summed E-state index contributed by atoms with van der Waals surface area (Å²) < 4.78 is 0. The fourth-order valence-electron chi connectivity index (χ4n) is 2.09. The smallest absolute Gasteiger partial charge is 0.220 e. The van der Waals surface area contributed by atoms with Gasteiger partial charge in [0.05, 0.1) is 0 Å². The van der Waals surface area contributed by atoms with E-state index in [2.05, 4.69) is 26.1 Å². The molecule has 0 aliphatic carbocycles. The van der Waals surface area contributed by atoms with Gasteiger partial charge in [0.25, 0.3) is 0 Å². The molecule has 0 aromatic carbocycles. The van der Waals surface area contributed by atoms with E-state index in [0.717, 1.165) is 0 Å². The molecular formula is C13H26N2OS. The molecule has 1 atom stereocenters. The fraction of sp³-hybridized carbons (Fsp3) is 0.923. The molecule has 0 saturated carbocycles. The van der Waals surface area contributed by atoms with E-state index in [1.807, 2.05) is 11.8 Å². The van der Waals surface area contributed by atoms with Gasteiger partial charge in [-0.25, -0.2) is 0 Å². The van der Waals surface area contributed by atoms with Crippen molar-refractivity contribution in [2.45, 2.75) is 46.1 Å². The molecule has 1 heterocycles. The van der Waals surface area contributed by atoms with E-state index in [1.54, 1.807) is 0 Å². The van der Waals surface area contributed by atoms with E-state index in [4.69, 9.17) is 5.73 Å². The van der Waals surface area contributed by atoms with Crippen LogP contribution in [0.3, 0.4) is 0 Å². The second kappa shape index (κ2) is 6.64. The van der Waals surface area contributed by atoms with E-state index in [0.29, 0.717) is 18.9 Å². The number of carbonyl (C=O) groups is 1. The number of hydrogen-bond acceptors (Lipinski definition) is 3. The van der Waals surface area contributed by atoms with E-state index >= 15 is 0 Å². The van der Waals surface area contributed by atoms with Gasteiger partial charge in [0.2, 0.25) is 5.91 Å². The third-order valence-corrected chi connectivity index (χ3v) is 4.48. The van der Waals surface area contributed by atoms with Gasteiger partial charge in [-0.2, -0.15) is 11.8 Å². The van der Waals surface area contributed by atoms with Crippen LogP contribution in [0.2, 0.25) is 0 Å². The molecule has 1 aliphatic heterocycles. The molecule has 1 unspecified atom stereocenters. The molecule has 1 rings (SSSR count). The third kappa shape index (κ3) is 5.30. The number of rotatable bonds is 4. The van der Waals surface area contributed by atoms with Crippen LogP contribution in [0.5, 0.6) is 0 Å². The molecular weight excluding hydrogens is 232 g/mol. The Balaban J connectivity index is 2.37. The van der Waals surface area contributed by atoms with Crippen molar-refractivity contribution in [1.82, 2.24) is 5.32 Å². The largest absolute Gasteiger partial charge is 0.352 e. The predicted molar refractivity (Wildman–Crippen MR) is 75.1 cm³/mol. The van der Waals surface area contributed by atoms with Crippen LogP contribution in [0.1, 0.15) is 40.0 Å². The van der Waals surface area contributed by atoms with E-state index in [-0.39, 0.29) is 17.4 Å². The van der Waals surface area contributed by atoms with Gasteiger partial charge in [-0.1, -0.05) is 20.8 Å². The van der Waals surface area contributed by atoms with Gasteiger partial charge >= 0.3 is 0 Å². The monoisotopic (exact) mass is 258 g/mol. The lowest BCUT2D eigenvalue weighted by Crippen LogP contribution is -2.48. The maximum absolute atomic E-state index is 12.0.